The van der Waals surface area contributed by atoms with E-state index < -0.39 is 5.97 Å². The monoisotopic (exact) mass is 302 g/mol. The Bertz CT molecular complexity index is 601. The van der Waals surface area contributed by atoms with E-state index in [2.05, 4.69) is 4.90 Å². The molecule has 2 aliphatic heterocycles. The Kier molecular flexibility index (Phi) is 3.91. The molecule has 0 radical (unpaired) electrons. The molecule has 1 spiro atoms. The highest BCUT2D eigenvalue weighted by molar-refractivity contribution is 5.89. The Morgan fingerprint density at radius 1 is 1.27 bits per heavy atom. The molecule has 0 unspecified atom stereocenters. The first-order valence-electron chi connectivity index (χ1n) is 7.81. The van der Waals surface area contributed by atoms with Crippen molar-refractivity contribution in [2.24, 2.45) is 5.41 Å². The average Bonchev–Trinajstić information content (AvgIpc) is 2.89. The summed E-state index contributed by atoms with van der Waals surface area (Å²) in [7, 11) is 1.88. The van der Waals surface area contributed by atoms with Gasteiger partial charge in [-0.3, -0.25) is 9.69 Å². The summed E-state index contributed by atoms with van der Waals surface area (Å²) in [6.45, 7) is 3.04. The molecular formula is C17H22N2O3. The molecule has 0 aliphatic carbocycles. The van der Waals surface area contributed by atoms with Crippen LogP contribution in [0, 0.1) is 5.41 Å². The standard InChI is InChI=1S/C17H22N2O3/c1-18-9-4-7-17(16(18)22)8-10-19(12-17)11-13-5-2-3-6-14(13)15(20)21/h2-3,5-6H,4,7-12H2,1H3,(H,20,21)/t17-/m0/s1. The van der Waals surface area contributed by atoms with Gasteiger partial charge in [0, 0.05) is 26.7 Å². The van der Waals surface area contributed by atoms with E-state index in [1.807, 2.05) is 24.1 Å². The predicted octanol–water partition coefficient (Wildman–Crippen LogP) is 1.83. The number of hydrogen-bond acceptors (Lipinski definition) is 3. The maximum Gasteiger partial charge on any atom is 0.336 e. The van der Waals surface area contributed by atoms with Crippen LogP contribution in [0.2, 0.25) is 0 Å². The van der Waals surface area contributed by atoms with E-state index in [1.54, 1.807) is 12.1 Å². The van der Waals surface area contributed by atoms with E-state index in [0.29, 0.717) is 12.1 Å². The molecule has 5 heteroatoms. The zero-order chi connectivity index (χ0) is 15.7. The van der Waals surface area contributed by atoms with Crippen LogP contribution in [0.3, 0.4) is 0 Å². The van der Waals surface area contributed by atoms with E-state index in [1.165, 1.54) is 0 Å². The first-order valence-corrected chi connectivity index (χ1v) is 7.81. The number of hydrogen-bond donors (Lipinski definition) is 1. The lowest BCUT2D eigenvalue weighted by atomic mass is 9.78. The molecule has 5 nitrogen and oxygen atoms in total. The summed E-state index contributed by atoms with van der Waals surface area (Å²) in [5.41, 5.74) is 0.935. The maximum atomic E-state index is 12.5. The number of carbonyl (C=O) groups excluding carboxylic acids is 1. The number of carboxylic acids is 1. The highest BCUT2D eigenvalue weighted by Crippen LogP contribution is 2.40. The van der Waals surface area contributed by atoms with Crippen LogP contribution in [0.15, 0.2) is 24.3 Å². The second-order valence-electron chi connectivity index (χ2n) is 6.53. The Hall–Kier alpha value is -1.88. The molecule has 0 saturated carbocycles. The summed E-state index contributed by atoms with van der Waals surface area (Å²) in [5.74, 6) is -0.634. The van der Waals surface area contributed by atoms with Crippen LogP contribution in [-0.4, -0.2) is 53.5 Å². The fourth-order valence-corrected chi connectivity index (χ4v) is 3.85. The summed E-state index contributed by atoms with van der Waals surface area (Å²) in [6, 6.07) is 7.12. The lowest BCUT2D eigenvalue weighted by Crippen LogP contribution is -2.48. The van der Waals surface area contributed by atoms with Gasteiger partial charge < -0.3 is 10.0 Å². The molecule has 3 rings (SSSR count). The minimum atomic E-state index is -0.891. The van der Waals surface area contributed by atoms with E-state index in [-0.39, 0.29) is 11.3 Å². The highest BCUT2D eigenvalue weighted by atomic mass is 16.4. The van der Waals surface area contributed by atoms with E-state index in [0.717, 1.165) is 44.5 Å². The first-order chi connectivity index (χ1) is 10.5. The second-order valence-corrected chi connectivity index (χ2v) is 6.53. The van der Waals surface area contributed by atoms with Gasteiger partial charge in [-0.25, -0.2) is 4.79 Å². The minimum Gasteiger partial charge on any atom is -0.478 e. The number of likely N-dealkylation sites (tertiary alicyclic amines) is 2. The Balaban J connectivity index is 1.74. The highest BCUT2D eigenvalue weighted by Gasteiger charge is 2.47. The summed E-state index contributed by atoms with van der Waals surface area (Å²) >= 11 is 0. The number of carbonyl (C=O) groups is 2. The van der Waals surface area contributed by atoms with E-state index in [4.69, 9.17) is 0 Å². The SMILES string of the molecule is CN1CCC[C@@]2(CCN(Cc3ccccc3C(=O)O)C2)C1=O. The predicted molar refractivity (Wildman–Crippen MR) is 82.6 cm³/mol. The number of nitrogens with zero attached hydrogens (tertiary/aromatic N) is 2. The molecule has 1 N–H and O–H groups in total. The Morgan fingerprint density at radius 3 is 2.82 bits per heavy atom. The van der Waals surface area contributed by atoms with Gasteiger partial charge in [0.2, 0.25) is 5.91 Å². The molecule has 1 atom stereocenters. The minimum absolute atomic E-state index is 0.245. The molecule has 1 aromatic carbocycles. The van der Waals surface area contributed by atoms with E-state index >= 15 is 0 Å². The van der Waals surface area contributed by atoms with Gasteiger partial charge in [-0.15, -0.1) is 0 Å². The molecule has 1 aromatic rings. The van der Waals surface area contributed by atoms with Crippen LogP contribution < -0.4 is 0 Å². The molecule has 118 valence electrons. The lowest BCUT2D eigenvalue weighted by Gasteiger charge is -2.37. The van der Waals surface area contributed by atoms with Crippen molar-refractivity contribution in [3.8, 4) is 0 Å². The molecule has 2 heterocycles. The van der Waals surface area contributed by atoms with Crippen molar-refractivity contribution < 1.29 is 14.7 Å². The molecule has 2 fully saturated rings. The number of aromatic carboxylic acids is 1. The van der Waals surface area contributed by atoms with Crippen molar-refractivity contribution in [1.82, 2.24) is 9.80 Å². The van der Waals surface area contributed by atoms with Gasteiger partial charge in [0.25, 0.3) is 0 Å². The molecule has 0 aromatic heterocycles. The third-order valence-corrected chi connectivity index (χ3v) is 5.02. The Morgan fingerprint density at radius 2 is 2.05 bits per heavy atom. The summed E-state index contributed by atoms with van der Waals surface area (Å²) < 4.78 is 0. The number of benzene rings is 1. The molecule has 2 aliphatic rings. The fourth-order valence-electron chi connectivity index (χ4n) is 3.85. The molecular weight excluding hydrogens is 280 g/mol. The molecule has 1 amide bonds. The summed E-state index contributed by atoms with van der Waals surface area (Å²) in [5, 5.41) is 9.28. The Labute approximate surface area is 130 Å². The van der Waals surface area contributed by atoms with Crippen molar-refractivity contribution in [3.63, 3.8) is 0 Å². The van der Waals surface area contributed by atoms with Crippen LogP contribution in [0.25, 0.3) is 0 Å². The first kappa shape index (κ1) is 15.0. The average molecular weight is 302 g/mol. The zero-order valence-corrected chi connectivity index (χ0v) is 12.9. The normalized spacial score (nSPS) is 25.9. The van der Waals surface area contributed by atoms with Gasteiger partial charge in [0.15, 0.2) is 0 Å². The fraction of sp³-hybridized carbons (Fsp3) is 0.529. The molecule has 22 heavy (non-hydrogen) atoms. The number of amides is 1. The van der Waals surface area contributed by atoms with Gasteiger partial charge in [-0.1, -0.05) is 18.2 Å². The van der Waals surface area contributed by atoms with Crippen molar-refractivity contribution >= 4 is 11.9 Å². The number of carboxylic acid groups (broad SMARTS) is 1. The number of rotatable bonds is 3. The van der Waals surface area contributed by atoms with Crippen molar-refractivity contribution in [2.75, 3.05) is 26.7 Å². The summed E-state index contributed by atoms with van der Waals surface area (Å²) in [6.07, 6.45) is 2.89. The lowest BCUT2D eigenvalue weighted by molar-refractivity contribution is -0.143. The van der Waals surface area contributed by atoms with Crippen LogP contribution in [0.5, 0.6) is 0 Å². The van der Waals surface area contributed by atoms with Crippen LogP contribution >= 0.6 is 0 Å². The zero-order valence-electron chi connectivity index (χ0n) is 12.9. The molecule has 0 bridgehead atoms. The van der Waals surface area contributed by atoms with E-state index in [9.17, 15) is 14.7 Å². The van der Waals surface area contributed by atoms with Gasteiger partial charge in [0.1, 0.15) is 0 Å². The molecule has 2 saturated heterocycles. The van der Waals surface area contributed by atoms with Crippen LogP contribution in [0.1, 0.15) is 35.2 Å². The van der Waals surface area contributed by atoms with Crippen molar-refractivity contribution in [3.05, 3.63) is 35.4 Å². The third-order valence-electron chi connectivity index (χ3n) is 5.02. The van der Waals surface area contributed by atoms with Crippen LogP contribution in [-0.2, 0) is 11.3 Å². The third kappa shape index (κ3) is 2.61. The van der Waals surface area contributed by atoms with Crippen molar-refractivity contribution in [1.29, 1.82) is 0 Å². The quantitative estimate of drug-likeness (QED) is 0.925. The maximum absolute atomic E-state index is 12.5. The largest absolute Gasteiger partial charge is 0.478 e. The second kappa shape index (κ2) is 5.72. The topological polar surface area (TPSA) is 60.9 Å². The van der Waals surface area contributed by atoms with Gasteiger partial charge in [0.05, 0.1) is 11.0 Å². The van der Waals surface area contributed by atoms with Crippen molar-refractivity contribution in [2.45, 2.75) is 25.8 Å². The number of piperidine rings is 1. The van der Waals surface area contributed by atoms with Gasteiger partial charge in [-0.05, 0) is 37.4 Å². The van der Waals surface area contributed by atoms with Gasteiger partial charge >= 0.3 is 5.97 Å². The smallest absolute Gasteiger partial charge is 0.336 e. The van der Waals surface area contributed by atoms with Gasteiger partial charge in [-0.2, -0.15) is 0 Å². The van der Waals surface area contributed by atoms with Crippen LogP contribution in [0.4, 0.5) is 0 Å². The summed E-state index contributed by atoms with van der Waals surface area (Å²) in [4.78, 5) is 27.9.